The van der Waals surface area contributed by atoms with Crippen LogP contribution in [0.25, 0.3) is 0 Å². The predicted octanol–water partition coefficient (Wildman–Crippen LogP) is 3.43. The lowest BCUT2D eigenvalue weighted by Crippen LogP contribution is -2.24. The molecule has 2 rings (SSSR count). The molecule has 0 saturated heterocycles. The zero-order chi connectivity index (χ0) is 13.2. The van der Waals surface area contributed by atoms with Crippen molar-refractivity contribution in [2.45, 2.75) is 18.9 Å². The van der Waals surface area contributed by atoms with Gasteiger partial charge in [0, 0.05) is 22.7 Å². The molecule has 0 bridgehead atoms. The minimum Gasteiger partial charge on any atom is -0.385 e. The second kappa shape index (κ2) is 5.16. The molecular weight excluding hydrogens is 297 g/mol. The van der Waals surface area contributed by atoms with Crippen molar-refractivity contribution in [2.24, 2.45) is 0 Å². The van der Waals surface area contributed by atoms with E-state index < -0.39 is 11.4 Å². The fraction of sp³-hybridized carbons (Fsp3) is 0.214. The summed E-state index contributed by atoms with van der Waals surface area (Å²) in [4.78, 5) is 3.77. The third-order valence-corrected chi connectivity index (χ3v) is 3.59. The molecule has 0 aliphatic carbocycles. The van der Waals surface area contributed by atoms with Crippen LogP contribution in [0.5, 0.6) is 0 Å². The molecule has 0 aliphatic heterocycles. The van der Waals surface area contributed by atoms with E-state index in [1.54, 1.807) is 6.92 Å². The van der Waals surface area contributed by atoms with E-state index in [4.69, 9.17) is 0 Å². The van der Waals surface area contributed by atoms with Gasteiger partial charge in [0.25, 0.3) is 0 Å². The molecule has 0 aliphatic rings. The molecule has 0 fully saturated rings. The van der Waals surface area contributed by atoms with E-state index >= 15 is 0 Å². The molecule has 4 heteroatoms. The van der Waals surface area contributed by atoms with E-state index in [1.807, 2.05) is 24.3 Å². The molecule has 18 heavy (non-hydrogen) atoms. The van der Waals surface area contributed by atoms with Crippen molar-refractivity contribution < 1.29 is 9.50 Å². The topological polar surface area (TPSA) is 33.1 Å². The lowest BCUT2D eigenvalue weighted by atomic mass is 9.90. The van der Waals surface area contributed by atoms with Crippen LogP contribution in [0, 0.1) is 5.82 Å². The van der Waals surface area contributed by atoms with Crippen molar-refractivity contribution in [1.29, 1.82) is 0 Å². The molecule has 0 radical (unpaired) electrons. The third-order valence-electron chi connectivity index (χ3n) is 2.82. The monoisotopic (exact) mass is 309 g/mol. The zero-order valence-corrected chi connectivity index (χ0v) is 11.5. The second-order valence-corrected chi connectivity index (χ2v) is 5.29. The molecule has 2 nitrogen and oxygen atoms in total. The molecule has 1 aromatic carbocycles. The summed E-state index contributed by atoms with van der Waals surface area (Å²) >= 11 is 3.44. The average Bonchev–Trinajstić information content (AvgIpc) is 2.32. The Labute approximate surface area is 114 Å². The van der Waals surface area contributed by atoms with Gasteiger partial charge in [-0.2, -0.15) is 0 Å². The Morgan fingerprint density at radius 2 is 2.06 bits per heavy atom. The highest BCUT2D eigenvalue weighted by Gasteiger charge is 2.25. The fourth-order valence-electron chi connectivity index (χ4n) is 1.82. The normalized spacial score (nSPS) is 14.2. The van der Waals surface area contributed by atoms with Crippen molar-refractivity contribution in [3.63, 3.8) is 0 Å². The first-order chi connectivity index (χ1) is 8.49. The summed E-state index contributed by atoms with van der Waals surface area (Å²) in [6.45, 7) is 1.66. The van der Waals surface area contributed by atoms with Crippen LogP contribution in [-0.2, 0) is 12.0 Å². The lowest BCUT2D eigenvalue weighted by Gasteiger charge is -2.24. The Balaban J connectivity index is 2.30. The molecule has 1 unspecified atom stereocenters. The number of hydrogen-bond acceptors (Lipinski definition) is 2. The summed E-state index contributed by atoms with van der Waals surface area (Å²) in [7, 11) is 0. The lowest BCUT2D eigenvalue weighted by molar-refractivity contribution is 0.0567. The summed E-state index contributed by atoms with van der Waals surface area (Å²) in [5.41, 5.74) is 0.281. The molecule has 1 heterocycles. The minimum atomic E-state index is -1.15. The Bertz CT molecular complexity index is 557. The van der Waals surface area contributed by atoms with Gasteiger partial charge in [-0.3, -0.25) is 4.98 Å². The summed E-state index contributed by atoms with van der Waals surface area (Å²) in [6, 6.07) is 8.95. The van der Waals surface area contributed by atoms with Gasteiger partial charge in [-0.1, -0.05) is 34.1 Å². The number of nitrogens with zero attached hydrogens (tertiary/aromatic N) is 1. The molecule has 1 atom stereocenters. The van der Waals surface area contributed by atoms with E-state index in [0.29, 0.717) is 12.0 Å². The SMILES string of the molecule is CC(O)(Cc1ccccc1Br)c1cncc(F)c1. The van der Waals surface area contributed by atoms with Gasteiger partial charge >= 0.3 is 0 Å². The van der Waals surface area contributed by atoms with E-state index in [9.17, 15) is 9.50 Å². The molecule has 2 aromatic rings. The summed E-state index contributed by atoms with van der Waals surface area (Å²) in [6.07, 6.45) is 3.00. The number of hydrogen-bond donors (Lipinski definition) is 1. The van der Waals surface area contributed by atoms with Crippen molar-refractivity contribution in [2.75, 3.05) is 0 Å². The van der Waals surface area contributed by atoms with Crippen LogP contribution in [0.2, 0.25) is 0 Å². The highest BCUT2D eigenvalue weighted by molar-refractivity contribution is 9.10. The van der Waals surface area contributed by atoms with E-state index in [0.717, 1.165) is 16.2 Å². The molecule has 1 aromatic heterocycles. The largest absolute Gasteiger partial charge is 0.385 e. The second-order valence-electron chi connectivity index (χ2n) is 4.43. The molecule has 0 spiro atoms. The van der Waals surface area contributed by atoms with E-state index in [1.165, 1.54) is 12.3 Å². The van der Waals surface area contributed by atoms with E-state index in [2.05, 4.69) is 20.9 Å². The standard InChI is InChI=1S/C14H13BrFNO/c1-14(18,11-6-12(16)9-17-8-11)7-10-4-2-3-5-13(10)15/h2-6,8-9,18H,7H2,1H3. The number of aromatic nitrogens is 1. The maximum Gasteiger partial charge on any atom is 0.141 e. The summed E-state index contributed by atoms with van der Waals surface area (Å²) in [5.74, 6) is -0.445. The summed E-state index contributed by atoms with van der Waals surface area (Å²) < 4.78 is 14.1. The first kappa shape index (κ1) is 13.2. The van der Waals surface area contributed by atoms with Crippen LogP contribution in [0.15, 0.2) is 47.2 Å². The molecular formula is C14H13BrFNO. The Hall–Kier alpha value is -1.26. The van der Waals surface area contributed by atoms with Crippen molar-refractivity contribution in [3.8, 4) is 0 Å². The van der Waals surface area contributed by atoms with Gasteiger partial charge in [0.15, 0.2) is 0 Å². The van der Waals surface area contributed by atoms with E-state index in [-0.39, 0.29) is 0 Å². The van der Waals surface area contributed by atoms with Crippen LogP contribution >= 0.6 is 15.9 Å². The number of halogens is 2. The number of rotatable bonds is 3. The van der Waals surface area contributed by atoms with Gasteiger partial charge in [-0.25, -0.2) is 4.39 Å². The number of benzene rings is 1. The van der Waals surface area contributed by atoms with Crippen LogP contribution < -0.4 is 0 Å². The van der Waals surface area contributed by atoms with Crippen LogP contribution in [-0.4, -0.2) is 10.1 Å². The quantitative estimate of drug-likeness (QED) is 0.942. The number of aliphatic hydroxyl groups is 1. The van der Waals surface area contributed by atoms with Crippen LogP contribution in [0.3, 0.4) is 0 Å². The van der Waals surface area contributed by atoms with Gasteiger partial charge in [0.05, 0.1) is 11.8 Å². The van der Waals surface area contributed by atoms with Gasteiger partial charge in [0.2, 0.25) is 0 Å². The molecule has 0 saturated carbocycles. The summed E-state index contributed by atoms with van der Waals surface area (Å²) in [5, 5.41) is 10.5. The number of pyridine rings is 1. The maximum absolute atomic E-state index is 13.1. The van der Waals surface area contributed by atoms with Gasteiger partial charge in [0.1, 0.15) is 5.82 Å². The van der Waals surface area contributed by atoms with Gasteiger partial charge in [-0.15, -0.1) is 0 Å². The minimum absolute atomic E-state index is 0.388. The zero-order valence-electron chi connectivity index (χ0n) is 9.90. The molecule has 0 amide bonds. The van der Waals surface area contributed by atoms with Crippen LogP contribution in [0.1, 0.15) is 18.1 Å². The van der Waals surface area contributed by atoms with Crippen molar-refractivity contribution in [3.05, 3.63) is 64.1 Å². The predicted molar refractivity (Wildman–Crippen MR) is 71.6 cm³/mol. The van der Waals surface area contributed by atoms with Crippen molar-refractivity contribution in [1.82, 2.24) is 4.98 Å². The Kier molecular flexibility index (Phi) is 3.78. The Morgan fingerprint density at radius 1 is 1.33 bits per heavy atom. The van der Waals surface area contributed by atoms with Crippen molar-refractivity contribution >= 4 is 15.9 Å². The molecule has 1 N–H and O–H groups in total. The molecule has 94 valence electrons. The first-order valence-corrected chi connectivity index (χ1v) is 6.35. The smallest absolute Gasteiger partial charge is 0.141 e. The third kappa shape index (κ3) is 2.94. The first-order valence-electron chi connectivity index (χ1n) is 5.56. The average molecular weight is 310 g/mol. The van der Waals surface area contributed by atoms with Crippen LogP contribution in [0.4, 0.5) is 4.39 Å². The fourth-order valence-corrected chi connectivity index (χ4v) is 2.25. The Morgan fingerprint density at radius 3 is 2.72 bits per heavy atom. The van der Waals surface area contributed by atoms with Gasteiger partial charge in [-0.05, 0) is 24.6 Å². The highest BCUT2D eigenvalue weighted by Crippen LogP contribution is 2.28. The highest BCUT2D eigenvalue weighted by atomic mass is 79.9. The maximum atomic E-state index is 13.1. The van der Waals surface area contributed by atoms with Gasteiger partial charge < -0.3 is 5.11 Å².